The lowest BCUT2D eigenvalue weighted by Gasteiger charge is -2.12. The molecule has 0 aliphatic carbocycles. The van der Waals surface area contributed by atoms with Gasteiger partial charge in [0.15, 0.2) is 15.7 Å². The van der Waals surface area contributed by atoms with Crippen molar-refractivity contribution in [3.05, 3.63) is 11.6 Å². The second-order valence-corrected chi connectivity index (χ2v) is 8.15. The minimum Gasteiger partial charge on any atom is -0.334 e. The topological polar surface area (TPSA) is 106 Å². The molecule has 1 fully saturated rings. The Hall–Kier alpha value is -1.64. The lowest BCUT2D eigenvalue weighted by molar-refractivity contribution is 0.237. The number of carbonyl (C=O) groups excluding carboxylic acids is 1. The predicted molar refractivity (Wildman–Crippen MR) is 80.0 cm³/mol. The average molecular weight is 327 g/mol. The number of urea groups is 1. The Morgan fingerprint density at radius 2 is 2.14 bits per heavy atom. The number of nitrogens with one attached hydrogen (secondary N) is 2. The fourth-order valence-electron chi connectivity index (χ4n) is 2.98. The van der Waals surface area contributed by atoms with E-state index in [1.165, 1.54) is 6.42 Å². The van der Waals surface area contributed by atoms with Gasteiger partial charge in [0.25, 0.3) is 0 Å². The highest BCUT2D eigenvalue weighted by atomic mass is 32.2. The highest BCUT2D eigenvalue weighted by Crippen LogP contribution is 2.14. The summed E-state index contributed by atoms with van der Waals surface area (Å²) in [6.45, 7) is 1.19. The normalized spacial score (nSPS) is 23.5. The summed E-state index contributed by atoms with van der Waals surface area (Å²) in [6.07, 6.45) is 4.83. The molecule has 0 radical (unpaired) electrons. The fourth-order valence-corrected chi connectivity index (χ4v) is 4.65. The largest absolute Gasteiger partial charge is 0.334 e. The van der Waals surface area contributed by atoms with Crippen molar-refractivity contribution in [1.82, 2.24) is 25.4 Å². The molecule has 1 aromatic rings. The SMILES string of the molecule is O=C(NCc1nnc2n1CCCCC2)N[C@H]1CCS(=O)(=O)C1. The van der Waals surface area contributed by atoms with Crippen molar-refractivity contribution < 1.29 is 13.2 Å². The van der Waals surface area contributed by atoms with E-state index in [0.29, 0.717) is 13.0 Å². The molecular formula is C13H21N5O3S. The molecule has 3 heterocycles. The van der Waals surface area contributed by atoms with E-state index >= 15 is 0 Å². The van der Waals surface area contributed by atoms with Crippen molar-refractivity contribution in [3.63, 3.8) is 0 Å². The molecule has 0 unspecified atom stereocenters. The number of rotatable bonds is 3. The van der Waals surface area contributed by atoms with E-state index < -0.39 is 9.84 Å². The first-order valence-corrected chi connectivity index (χ1v) is 9.51. The van der Waals surface area contributed by atoms with Gasteiger partial charge in [0.2, 0.25) is 0 Å². The first-order valence-electron chi connectivity index (χ1n) is 7.69. The second-order valence-electron chi connectivity index (χ2n) is 5.92. The summed E-state index contributed by atoms with van der Waals surface area (Å²) < 4.78 is 24.8. The molecule has 2 N–H and O–H groups in total. The van der Waals surface area contributed by atoms with Crippen LogP contribution >= 0.6 is 0 Å². The minimum absolute atomic E-state index is 0.0285. The number of sulfone groups is 1. The molecule has 0 spiro atoms. The standard InChI is InChI=1S/C13H21N5O3S/c19-13(15-10-5-7-22(20,21)9-10)14-8-12-17-16-11-4-2-1-3-6-18(11)12/h10H,1-9H2,(H2,14,15,19)/t10-/m0/s1. The van der Waals surface area contributed by atoms with Gasteiger partial charge in [-0.15, -0.1) is 10.2 Å². The third-order valence-corrected chi connectivity index (χ3v) is 5.93. The number of carbonyl (C=O) groups is 1. The third-order valence-electron chi connectivity index (χ3n) is 4.16. The molecule has 2 amide bonds. The van der Waals surface area contributed by atoms with E-state index in [1.54, 1.807) is 0 Å². The van der Waals surface area contributed by atoms with Crippen LogP contribution in [0.4, 0.5) is 4.79 Å². The molecule has 9 heteroatoms. The van der Waals surface area contributed by atoms with E-state index in [-0.39, 0.29) is 23.6 Å². The molecular weight excluding hydrogens is 306 g/mol. The Balaban J connectivity index is 1.52. The molecule has 1 aromatic heterocycles. The van der Waals surface area contributed by atoms with E-state index in [1.807, 2.05) is 0 Å². The Morgan fingerprint density at radius 3 is 2.91 bits per heavy atom. The number of nitrogens with zero attached hydrogens (tertiary/aromatic N) is 3. The van der Waals surface area contributed by atoms with Gasteiger partial charge in [-0.2, -0.15) is 0 Å². The van der Waals surface area contributed by atoms with Crippen LogP contribution in [0.15, 0.2) is 0 Å². The highest BCUT2D eigenvalue weighted by Gasteiger charge is 2.28. The van der Waals surface area contributed by atoms with Gasteiger partial charge in [0, 0.05) is 19.0 Å². The number of aromatic nitrogens is 3. The predicted octanol–water partition coefficient (Wildman–Crippen LogP) is -0.00920. The van der Waals surface area contributed by atoms with Crippen LogP contribution in [-0.2, 0) is 29.3 Å². The van der Waals surface area contributed by atoms with Crippen molar-refractivity contribution in [2.24, 2.45) is 0 Å². The molecule has 2 aliphatic rings. The lowest BCUT2D eigenvalue weighted by atomic mass is 10.2. The van der Waals surface area contributed by atoms with Gasteiger partial charge in [-0.3, -0.25) is 0 Å². The van der Waals surface area contributed by atoms with Crippen LogP contribution in [-0.4, -0.2) is 46.8 Å². The minimum atomic E-state index is -2.98. The fraction of sp³-hybridized carbons (Fsp3) is 0.769. The molecule has 1 atom stereocenters. The molecule has 0 saturated carbocycles. The summed E-state index contributed by atoms with van der Waals surface area (Å²) in [6, 6.07) is -0.645. The van der Waals surface area contributed by atoms with Crippen LogP contribution in [0, 0.1) is 0 Å². The second kappa shape index (κ2) is 6.23. The zero-order valence-corrected chi connectivity index (χ0v) is 13.2. The van der Waals surface area contributed by atoms with E-state index in [2.05, 4.69) is 25.4 Å². The van der Waals surface area contributed by atoms with Gasteiger partial charge >= 0.3 is 6.03 Å². The summed E-state index contributed by atoms with van der Waals surface area (Å²) in [5.41, 5.74) is 0. The van der Waals surface area contributed by atoms with Gasteiger partial charge in [0.05, 0.1) is 18.1 Å². The van der Waals surface area contributed by atoms with Crippen molar-refractivity contribution in [2.75, 3.05) is 11.5 Å². The molecule has 0 aromatic carbocycles. The third kappa shape index (κ3) is 3.57. The Morgan fingerprint density at radius 1 is 1.27 bits per heavy atom. The van der Waals surface area contributed by atoms with Gasteiger partial charge in [-0.05, 0) is 19.3 Å². The summed E-state index contributed by atoms with van der Waals surface area (Å²) in [5, 5.41) is 13.8. The first kappa shape index (κ1) is 15.3. The van der Waals surface area contributed by atoms with Crippen LogP contribution < -0.4 is 10.6 Å². The van der Waals surface area contributed by atoms with Gasteiger partial charge in [-0.1, -0.05) is 6.42 Å². The quantitative estimate of drug-likeness (QED) is 0.812. The number of amides is 2. The van der Waals surface area contributed by atoms with Crippen molar-refractivity contribution in [2.45, 2.75) is 51.2 Å². The maximum Gasteiger partial charge on any atom is 0.315 e. The number of aryl methyl sites for hydroxylation is 1. The Bertz CT molecular complexity index is 655. The Labute approximate surface area is 129 Å². The summed E-state index contributed by atoms with van der Waals surface area (Å²) >= 11 is 0. The average Bonchev–Trinajstić information content (AvgIpc) is 2.91. The van der Waals surface area contributed by atoms with Crippen molar-refractivity contribution in [1.29, 1.82) is 0 Å². The van der Waals surface area contributed by atoms with E-state index in [0.717, 1.165) is 37.5 Å². The molecule has 1 saturated heterocycles. The summed E-state index contributed by atoms with van der Waals surface area (Å²) in [5.74, 6) is 1.92. The van der Waals surface area contributed by atoms with Crippen molar-refractivity contribution >= 4 is 15.9 Å². The zero-order valence-electron chi connectivity index (χ0n) is 12.4. The molecule has 3 rings (SSSR count). The van der Waals surface area contributed by atoms with Crippen LogP contribution in [0.3, 0.4) is 0 Å². The molecule has 8 nitrogen and oxygen atoms in total. The van der Waals surface area contributed by atoms with Crippen LogP contribution in [0.2, 0.25) is 0 Å². The monoisotopic (exact) mass is 327 g/mol. The van der Waals surface area contributed by atoms with Crippen LogP contribution in [0.25, 0.3) is 0 Å². The maximum absolute atomic E-state index is 11.9. The smallest absolute Gasteiger partial charge is 0.315 e. The van der Waals surface area contributed by atoms with Crippen LogP contribution in [0.1, 0.15) is 37.3 Å². The number of fused-ring (bicyclic) bond motifs is 1. The number of hydrogen-bond acceptors (Lipinski definition) is 5. The van der Waals surface area contributed by atoms with Gasteiger partial charge in [-0.25, -0.2) is 13.2 Å². The molecule has 22 heavy (non-hydrogen) atoms. The first-order chi connectivity index (χ1) is 10.5. The highest BCUT2D eigenvalue weighted by molar-refractivity contribution is 7.91. The summed E-state index contributed by atoms with van der Waals surface area (Å²) in [7, 11) is -2.98. The lowest BCUT2D eigenvalue weighted by Crippen LogP contribution is -2.42. The molecule has 0 bridgehead atoms. The maximum atomic E-state index is 11.9. The van der Waals surface area contributed by atoms with E-state index in [4.69, 9.17) is 0 Å². The molecule has 122 valence electrons. The zero-order chi connectivity index (χ0) is 15.6. The van der Waals surface area contributed by atoms with Gasteiger partial charge in [0.1, 0.15) is 5.82 Å². The van der Waals surface area contributed by atoms with E-state index in [9.17, 15) is 13.2 Å². The van der Waals surface area contributed by atoms with Crippen LogP contribution in [0.5, 0.6) is 0 Å². The van der Waals surface area contributed by atoms with Gasteiger partial charge < -0.3 is 15.2 Å². The Kier molecular flexibility index (Phi) is 4.32. The van der Waals surface area contributed by atoms with Crippen molar-refractivity contribution in [3.8, 4) is 0 Å². The number of hydrogen-bond donors (Lipinski definition) is 2. The molecule has 2 aliphatic heterocycles. The summed E-state index contributed by atoms with van der Waals surface area (Å²) in [4.78, 5) is 11.9.